The molecule has 0 amide bonds. The van der Waals surface area contributed by atoms with Crippen LogP contribution in [0.25, 0.3) is 0 Å². The van der Waals surface area contributed by atoms with Gasteiger partial charge in [-0.3, -0.25) is 0 Å². The zero-order valence-corrected chi connectivity index (χ0v) is 14.0. The molecule has 1 heterocycles. The van der Waals surface area contributed by atoms with Gasteiger partial charge in [0.15, 0.2) is 11.5 Å². The third kappa shape index (κ3) is 4.11. The maximum atomic E-state index is 5.31. The Kier molecular flexibility index (Phi) is 5.44. The van der Waals surface area contributed by atoms with Crippen LogP contribution in [0.4, 0.5) is 5.82 Å². The lowest BCUT2D eigenvalue weighted by molar-refractivity contribution is 0.354. The molecule has 4 nitrogen and oxygen atoms in total. The van der Waals surface area contributed by atoms with E-state index in [0.29, 0.717) is 0 Å². The van der Waals surface area contributed by atoms with Crippen LogP contribution in [0.2, 0.25) is 0 Å². The van der Waals surface area contributed by atoms with Crippen LogP contribution >= 0.6 is 15.9 Å². The average Bonchev–Trinajstić information content (AvgIpc) is 2.49. The number of halogens is 1. The zero-order chi connectivity index (χ0) is 15.2. The predicted molar refractivity (Wildman–Crippen MR) is 88.4 cm³/mol. The van der Waals surface area contributed by atoms with E-state index in [0.717, 1.165) is 40.3 Å². The second-order valence-electron chi connectivity index (χ2n) is 4.69. The Bertz CT molecular complexity index is 617. The first-order chi connectivity index (χ1) is 10.1. The van der Waals surface area contributed by atoms with Crippen LogP contribution in [-0.4, -0.2) is 25.7 Å². The van der Waals surface area contributed by atoms with Crippen LogP contribution < -0.4 is 14.8 Å². The third-order valence-corrected chi connectivity index (χ3v) is 3.63. The third-order valence-electron chi connectivity index (χ3n) is 3.20. The zero-order valence-electron chi connectivity index (χ0n) is 12.4. The molecule has 1 aromatic carbocycles. The molecule has 0 saturated heterocycles. The number of pyridine rings is 1. The Morgan fingerprint density at radius 1 is 1.14 bits per heavy atom. The first-order valence-electron chi connectivity index (χ1n) is 6.71. The molecule has 0 radical (unpaired) electrons. The Hall–Kier alpha value is -1.75. The van der Waals surface area contributed by atoms with Crippen LogP contribution in [0.3, 0.4) is 0 Å². The summed E-state index contributed by atoms with van der Waals surface area (Å²) in [5.74, 6) is 2.42. The number of aryl methyl sites for hydroxylation is 1. The fourth-order valence-electron chi connectivity index (χ4n) is 2.09. The van der Waals surface area contributed by atoms with Crippen molar-refractivity contribution in [3.63, 3.8) is 0 Å². The Balaban J connectivity index is 1.97. The molecule has 0 saturated carbocycles. The van der Waals surface area contributed by atoms with E-state index in [1.54, 1.807) is 20.4 Å². The summed E-state index contributed by atoms with van der Waals surface area (Å²) in [6, 6.07) is 8.02. The number of aromatic nitrogens is 1. The Morgan fingerprint density at radius 2 is 1.90 bits per heavy atom. The van der Waals surface area contributed by atoms with Gasteiger partial charge in [0.25, 0.3) is 0 Å². The largest absolute Gasteiger partial charge is 0.493 e. The number of ether oxygens (including phenoxy) is 2. The smallest absolute Gasteiger partial charge is 0.160 e. The van der Waals surface area contributed by atoms with E-state index in [-0.39, 0.29) is 0 Å². The SMILES string of the molecule is COc1ccc(CCNc2ncc(Br)cc2C)cc1OC. The molecule has 5 heteroatoms. The number of methoxy groups -OCH3 is 2. The number of benzene rings is 1. The van der Waals surface area contributed by atoms with Gasteiger partial charge in [0, 0.05) is 17.2 Å². The summed E-state index contributed by atoms with van der Waals surface area (Å²) in [5, 5.41) is 3.35. The maximum Gasteiger partial charge on any atom is 0.160 e. The molecule has 2 rings (SSSR count). The van der Waals surface area contributed by atoms with Gasteiger partial charge in [-0.05, 0) is 58.6 Å². The number of hydrogen-bond acceptors (Lipinski definition) is 4. The van der Waals surface area contributed by atoms with Crippen molar-refractivity contribution < 1.29 is 9.47 Å². The van der Waals surface area contributed by atoms with E-state index in [9.17, 15) is 0 Å². The highest BCUT2D eigenvalue weighted by Gasteiger charge is 2.05. The van der Waals surface area contributed by atoms with Gasteiger partial charge in [0.1, 0.15) is 5.82 Å². The summed E-state index contributed by atoms with van der Waals surface area (Å²) in [7, 11) is 3.29. The molecule has 0 bridgehead atoms. The minimum absolute atomic E-state index is 0.750. The van der Waals surface area contributed by atoms with Crippen LogP contribution in [0, 0.1) is 6.92 Å². The monoisotopic (exact) mass is 350 g/mol. The van der Waals surface area contributed by atoms with E-state index in [1.807, 2.05) is 31.2 Å². The van der Waals surface area contributed by atoms with Crippen molar-refractivity contribution in [2.24, 2.45) is 0 Å². The molecule has 21 heavy (non-hydrogen) atoms. The van der Waals surface area contributed by atoms with Gasteiger partial charge in [-0.2, -0.15) is 0 Å². The van der Waals surface area contributed by atoms with Crippen molar-refractivity contribution in [3.05, 3.63) is 46.1 Å². The van der Waals surface area contributed by atoms with Crippen molar-refractivity contribution in [3.8, 4) is 11.5 Å². The number of nitrogens with zero attached hydrogens (tertiary/aromatic N) is 1. The van der Waals surface area contributed by atoms with E-state index in [2.05, 4.69) is 26.2 Å². The lowest BCUT2D eigenvalue weighted by atomic mass is 10.1. The first kappa shape index (κ1) is 15.6. The van der Waals surface area contributed by atoms with Crippen molar-refractivity contribution in [2.75, 3.05) is 26.1 Å². The van der Waals surface area contributed by atoms with E-state index >= 15 is 0 Å². The van der Waals surface area contributed by atoms with Gasteiger partial charge in [-0.1, -0.05) is 6.07 Å². The second-order valence-corrected chi connectivity index (χ2v) is 5.60. The van der Waals surface area contributed by atoms with Gasteiger partial charge in [0.05, 0.1) is 14.2 Å². The van der Waals surface area contributed by atoms with E-state index in [4.69, 9.17) is 9.47 Å². The first-order valence-corrected chi connectivity index (χ1v) is 7.50. The maximum absolute atomic E-state index is 5.31. The molecule has 0 atom stereocenters. The quantitative estimate of drug-likeness (QED) is 0.859. The topological polar surface area (TPSA) is 43.4 Å². The van der Waals surface area contributed by atoms with Crippen LogP contribution in [0.1, 0.15) is 11.1 Å². The standard InChI is InChI=1S/C16H19BrN2O2/c1-11-8-13(17)10-19-16(11)18-7-6-12-4-5-14(20-2)15(9-12)21-3/h4-5,8-10H,6-7H2,1-3H3,(H,18,19). The fraction of sp³-hybridized carbons (Fsp3) is 0.312. The number of rotatable bonds is 6. The highest BCUT2D eigenvalue weighted by Crippen LogP contribution is 2.27. The lowest BCUT2D eigenvalue weighted by Crippen LogP contribution is -2.07. The fourth-order valence-corrected chi connectivity index (χ4v) is 2.53. The summed E-state index contributed by atoms with van der Waals surface area (Å²) in [6.07, 6.45) is 2.68. The minimum atomic E-state index is 0.750. The van der Waals surface area contributed by atoms with Crippen molar-refractivity contribution in [2.45, 2.75) is 13.3 Å². The summed E-state index contributed by atoms with van der Waals surface area (Å²) in [6.45, 7) is 2.85. The molecule has 1 N–H and O–H groups in total. The molecule has 0 unspecified atom stereocenters. The highest BCUT2D eigenvalue weighted by atomic mass is 79.9. The molecule has 1 aromatic heterocycles. The molecule has 0 aliphatic carbocycles. The Morgan fingerprint density at radius 3 is 2.57 bits per heavy atom. The number of hydrogen-bond donors (Lipinski definition) is 1. The molecular weight excluding hydrogens is 332 g/mol. The number of anilines is 1. The van der Waals surface area contributed by atoms with E-state index < -0.39 is 0 Å². The lowest BCUT2D eigenvalue weighted by Gasteiger charge is -2.11. The summed E-state index contributed by atoms with van der Waals surface area (Å²) in [5.41, 5.74) is 2.31. The molecule has 0 aliphatic heterocycles. The summed E-state index contributed by atoms with van der Waals surface area (Å²) < 4.78 is 11.5. The summed E-state index contributed by atoms with van der Waals surface area (Å²) >= 11 is 3.41. The average molecular weight is 351 g/mol. The summed E-state index contributed by atoms with van der Waals surface area (Å²) in [4.78, 5) is 4.37. The second kappa shape index (κ2) is 7.31. The van der Waals surface area contributed by atoms with Crippen LogP contribution in [-0.2, 0) is 6.42 Å². The normalized spacial score (nSPS) is 10.3. The van der Waals surface area contributed by atoms with Gasteiger partial charge < -0.3 is 14.8 Å². The molecule has 0 spiro atoms. The van der Waals surface area contributed by atoms with Crippen molar-refractivity contribution in [1.82, 2.24) is 4.98 Å². The highest BCUT2D eigenvalue weighted by molar-refractivity contribution is 9.10. The van der Waals surface area contributed by atoms with Gasteiger partial charge in [-0.15, -0.1) is 0 Å². The molecule has 0 fully saturated rings. The van der Waals surface area contributed by atoms with Crippen molar-refractivity contribution in [1.29, 1.82) is 0 Å². The van der Waals surface area contributed by atoms with Gasteiger partial charge in [-0.25, -0.2) is 4.98 Å². The molecule has 112 valence electrons. The van der Waals surface area contributed by atoms with Gasteiger partial charge in [0.2, 0.25) is 0 Å². The number of nitrogens with one attached hydrogen (secondary N) is 1. The minimum Gasteiger partial charge on any atom is -0.493 e. The predicted octanol–water partition coefficient (Wildman–Crippen LogP) is 3.82. The van der Waals surface area contributed by atoms with Crippen LogP contribution in [0.5, 0.6) is 11.5 Å². The molecule has 0 aliphatic rings. The van der Waals surface area contributed by atoms with Crippen molar-refractivity contribution >= 4 is 21.7 Å². The molecule has 2 aromatic rings. The van der Waals surface area contributed by atoms with Gasteiger partial charge >= 0.3 is 0 Å². The molecular formula is C16H19BrN2O2. The van der Waals surface area contributed by atoms with E-state index in [1.165, 1.54) is 5.56 Å². The Labute approximate surface area is 133 Å². The van der Waals surface area contributed by atoms with Crippen LogP contribution in [0.15, 0.2) is 34.9 Å².